The Morgan fingerprint density at radius 1 is 1.03 bits per heavy atom. The molecule has 0 saturated carbocycles. The summed E-state index contributed by atoms with van der Waals surface area (Å²) in [7, 11) is 3.08. The minimum atomic E-state index is 0. The van der Waals surface area contributed by atoms with Gasteiger partial charge in [-0.15, -0.1) is 12.4 Å². The Labute approximate surface area is 221 Å². The molecule has 0 spiro atoms. The number of aromatic hydroxyl groups is 1. The minimum absolute atomic E-state index is 0. The van der Waals surface area contributed by atoms with Crippen LogP contribution >= 0.6 is 28.3 Å². The van der Waals surface area contributed by atoms with E-state index in [1.54, 1.807) is 31.7 Å². The molecule has 13 heteroatoms. The zero-order chi connectivity index (χ0) is 24.6. The third kappa shape index (κ3) is 6.99. The van der Waals surface area contributed by atoms with Gasteiger partial charge in [0, 0.05) is 15.7 Å². The van der Waals surface area contributed by atoms with Gasteiger partial charge in [0.25, 0.3) is 0 Å². The van der Waals surface area contributed by atoms with Gasteiger partial charge in [-0.25, -0.2) is 5.43 Å². The Kier molecular flexibility index (Phi) is 9.31. The highest BCUT2D eigenvalue weighted by Gasteiger charge is 2.09. The molecule has 0 aliphatic rings. The normalized spacial score (nSPS) is 10.5. The van der Waals surface area contributed by atoms with Crippen molar-refractivity contribution in [1.82, 2.24) is 15.0 Å². The number of rotatable bonds is 10. The van der Waals surface area contributed by atoms with E-state index < -0.39 is 0 Å². The minimum Gasteiger partial charge on any atom is -0.504 e. The van der Waals surface area contributed by atoms with Gasteiger partial charge in [0.15, 0.2) is 11.5 Å². The molecule has 4 rings (SSSR count). The van der Waals surface area contributed by atoms with E-state index in [2.05, 4.69) is 52.0 Å². The first-order chi connectivity index (χ1) is 17.0. The molecule has 0 aliphatic carbocycles. The first-order valence-electron chi connectivity index (χ1n) is 10.3. The van der Waals surface area contributed by atoms with Gasteiger partial charge >= 0.3 is 0 Å². The number of nitrogens with one attached hydrogen (secondary N) is 3. The summed E-state index contributed by atoms with van der Waals surface area (Å²) in [5, 5.41) is 20.3. The molecule has 4 N–H and O–H groups in total. The number of hydrogen-bond donors (Lipinski definition) is 4. The van der Waals surface area contributed by atoms with Crippen molar-refractivity contribution in [1.29, 1.82) is 0 Å². The van der Waals surface area contributed by atoms with Gasteiger partial charge in [0.05, 0.1) is 33.2 Å². The number of ether oxygens (including phenoxy) is 2. The summed E-state index contributed by atoms with van der Waals surface area (Å²) in [6, 6.07) is 14.2. The standard InChI is InChI=1S/C23H22BrN7O4.ClH/c1-33-16-7-5-15(6-8-16)27-22-28-21(25-13-17-4-3-9-35-17)29-23(30-22)31-26-12-14-10-20(34-2)19(32)11-18(14)24;/h3-12,32H,13H2,1-2H3,(H3,25,27,28,29,30,31);1H/b26-12+;. The lowest BCUT2D eigenvalue weighted by Crippen LogP contribution is -2.09. The molecule has 2 aromatic carbocycles. The second-order valence-electron chi connectivity index (χ2n) is 7.01. The second kappa shape index (κ2) is 12.6. The number of hydrazone groups is 1. The molecular formula is C23H23BrClN7O4. The van der Waals surface area contributed by atoms with Crippen LogP contribution in [-0.2, 0) is 6.54 Å². The fraction of sp³-hybridized carbons (Fsp3) is 0.130. The predicted molar refractivity (Wildman–Crippen MR) is 143 cm³/mol. The molecule has 36 heavy (non-hydrogen) atoms. The zero-order valence-electron chi connectivity index (χ0n) is 19.2. The summed E-state index contributed by atoms with van der Waals surface area (Å²) in [5.74, 6) is 2.63. The number of furan rings is 1. The van der Waals surface area contributed by atoms with E-state index in [-0.39, 0.29) is 24.1 Å². The van der Waals surface area contributed by atoms with Crippen LogP contribution < -0.4 is 25.5 Å². The predicted octanol–water partition coefficient (Wildman–Crippen LogP) is 5.17. The molecule has 0 saturated heterocycles. The number of phenols is 1. The summed E-state index contributed by atoms with van der Waals surface area (Å²) in [5.41, 5.74) is 4.25. The fourth-order valence-electron chi connectivity index (χ4n) is 2.92. The van der Waals surface area contributed by atoms with Crippen LogP contribution in [0.4, 0.5) is 23.5 Å². The first kappa shape index (κ1) is 26.6. The molecule has 188 valence electrons. The molecule has 2 aromatic heterocycles. The van der Waals surface area contributed by atoms with Crippen molar-refractivity contribution in [2.75, 3.05) is 30.3 Å². The van der Waals surface area contributed by atoms with Crippen LogP contribution in [0, 0.1) is 0 Å². The van der Waals surface area contributed by atoms with E-state index in [4.69, 9.17) is 13.9 Å². The van der Waals surface area contributed by atoms with Crippen molar-refractivity contribution < 1.29 is 19.0 Å². The van der Waals surface area contributed by atoms with Gasteiger partial charge < -0.3 is 29.6 Å². The number of halogens is 2. The van der Waals surface area contributed by atoms with Crippen molar-refractivity contribution in [3.8, 4) is 17.2 Å². The molecule has 0 fully saturated rings. The maximum Gasteiger partial charge on any atom is 0.250 e. The summed E-state index contributed by atoms with van der Waals surface area (Å²) >= 11 is 3.39. The Hall–Kier alpha value is -4.03. The van der Waals surface area contributed by atoms with Crippen LogP contribution in [0.25, 0.3) is 0 Å². The number of methoxy groups -OCH3 is 2. The second-order valence-corrected chi connectivity index (χ2v) is 7.86. The van der Waals surface area contributed by atoms with Gasteiger partial charge in [0.2, 0.25) is 17.8 Å². The van der Waals surface area contributed by atoms with E-state index in [1.807, 2.05) is 30.3 Å². The van der Waals surface area contributed by atoms with E-state index in [9.17, 15) is 5.11 Å². The molecule has 0 amide bonds. The Morgan fingerprint density at radius 3 is 2.47 bits per heavy atom. The number of hydrogen-bond acceptors (Lipinski definition) is 11. The Balaban J connectivity index is 0.00000361. The van der Waals surface area contributed by atoms with Crippen molar-refractivity contribution in [3.05, 3.63) is 70.6 Å². The average Bonchev–Trinajstić information content (AvgIpc) is 3.38. The fourth-order valence-corrected chi connectivity index (χ4v) is 3.36. The summed E-state index contributed by atoms with van der Waals surface area (Å²) in [6.45, 7) is 0.391. The number of aromatic nitrogens is 3. The average molecular weight is 577 g/mol. The van der Waals surface area contributed by atoms with Gasteiger partial charge in [-0.3, -0.25) is 0 Å². The third-order valence-electron chi connectivity index (χ3n) is 4.65. The Morgan fingerprint density at radius 2 is 1.78 bits per heavy atom. The van der Waals surface area contributed by atoms with Crippen molar-refractivity contribution >= 4 is 58.1 Å². The molecule has 0 bridgehead atoms. The van der Waals surface area contributed by atoms with E-state index >= 15 is 0 Å². The first-order valence-corrected chi connectivity index (χ1v) is 11.1. The van der Waals surface area contributed by atoms with Crippen LogP contribution in [0.2, 0.25) is 0 Å². The Bertz CT molecular complexity index is 1300. The molecule has 0 radical (unpaired) electrons. The monoisotopic (exact) mass is 575 g/mol. The third-order valence-corrected chi connectivity index (χ3v) is 5.34. The highest BCUT2D eigenvalue weighted by Crippen LogP contribution is 2.31. The topological polar surface area (TPSA) is 139 Å². The molecule has 4 aromatic rings. The van der Waals surface area contributed by atoms with Crippen molar-refractivity contribution in [2.45, 2.75) is 6.54 Å². The van der Waals surface area contributed by atoms with Crippen molar-refractivity contribution in [2.24, 2.45) is 5.10 Å². The maximum absolute atomic E-state index is 9.88. The molecule has 11 nitrogen and oxygen atoms in total. The molecule has 0 aliphatic heterocycles. The van der Waals surface area contributed by atoms with Gasteiger partial charge in [-0.2, -0.15) is 20.1 Å². The van der Waals surface area contributed by atoms with Gasteiger partial charge in [-0.05, 0) is 64.5 Å². The number of benzene rings is 2. The van der Waals surface area contributed by atoms with Crippen LogP contribution in [0.3, 0.4) is 0 Å². The highest BCUT2D eigenvalue weighted by atomic mass is 79.9. The summed E-state index contributed by atoms with van der Waals surface area (Å²) in [6.07, 6.45) is 3.14. The van der Waals surface area contributed by atoms with Crippen molar-refractivity contribution in [3.63, 3.8) is 0 Å². The number of phenolic OH excluding ortho intramolecular Hbond substituents is 1. The van der Waals surface area contributed by atoms with Gasteiger partial charge in [0.1, 0.15) is 11.5 Å². The quantitative estimate of drug-likeness (QED) is 0.148. The molecule has 2 heterocycles. The van der Waals surface area contributed by atoms with Crippen LogP contribution in [0.5, 0.6) is 17.2 Å². The van der Waals surface area contributed by atoms with E-state index in [1.165, 1.54) is 13.2 Å². The lowest BCUT2D eigenvalue weighted by molar-refractivity contribution is 0.373. The van der Waals surface area contributed by atoms with Crippen LogP contribution in [-0.4, -0.2) is 40.5 Å². The lowest BCUT2D eigenvalue weighted by atomic mass is 10.2. The number of anilines is 4. The largest absolute Gasteiger partial charge is 0.504 e. The van der Waals surface area contributed by atoms with E-state index in [0.717, 1.165) is 17.2 Å². The molecular weight excluding hydrogens is 554 g/mol. The summed E-state index contributed by atoms with van der Waals surface area (Å²) in [4.78, 5) is 13.2. The zero-order valence-corrected chi connectivity index (χ0v) is 21.6. The number of nitrogens with zero attached hydrogens (tertiary/aromatic N) is 4. The highest BCUT2D eigenvalue weighted by molar-refractivity contribution is 9.10. The lowest BCUT2D eigenvalue weighted by Gasteiger charge is -2.10. The van der Waals surface area contributed by atoms with E-state index in [0.29, 0.717) is 34.2 Å². The summed E-state index contributed by atoms with van der Waals surface area (Å²) < 4.78 is 16.3. The smallest absolute Gasteiger partial charge is 0.250 e. The SMILES string of the molecule is COc1ccc(Nc2nc(NCc3ccco3)nc(N/N=C/c3cc(OC)c(O)cc3Br)n2)cc1.Cl. The van der Waals surface area contributed by atoms with Crippen LogP contribution in [0.1, 0.15) is 11.3 Å². The maximum atomic E-state index is 9.88. The van der Waals surface area contributed by atoms with Crippen LogP contribution in [0.15, 0.2) is 68.8 Å². The molecule has 0 atom stereocenters. The van der Waals surface area contributed by atoms with Gasteiger partial charge in [-0.1, -0.05) is 0 Å². The molecule has 0 unspecified atom stereocenters.